The second kappa shape index (κ2) is 8.18. The standard InChI is InChI=1S/C21H21ClN4O/c1-4-14(2)15(3)9-12-23-20(27)16-13-26(21-24-10-6-11-25-21)18-8-5-7-17(22)19(16)18/h4-8,10-11,13,15H,1-2,9,12H2,3H3,(H,23,27). The Morgan fingerprint density at radius 2 is 2.07 bits per heavy atom. The molecule has 1 amide bonds. The number of carbonyl (C=O) groups excluding carboxylic acids is 1. The molecule has 0 saturated carbocycles. The van der Waals surface area contributed by atoms with Gasteiger partial charge in [0, 0.05) is 30.5 Å². The van der Waals surface area contributed by atoms with E-state index >= 15 is 0 Å². The topological polar surface area (TPSA) is 59.8 Å². The minimum absolute atomic E-state index is 0.181. The molecule has 1 atom stereocenters. The summed E-state index contributed by atoms with van der Waals surface area (Å²) < 4.78 is 1.78. The number of halogens is 1. The van der Waals surface area contributed by atoms with Crippen LogP contribution in [0.25, 0.3) is 16.9 Å². The second-order valence-corrected chi connectivity index (χ2v) is 6.73. The van der Waals surface area contributed by atoms with Crippen LogP contribution >= 0.6 is 11.6 Å². The van der Waals surface area contributed by atoms with Crippen LogP contribution in [0.2, 0.25) is 5.02 Å². The van der Waals surface area contributed by atoms with E-state index in [0.717, 1.165) is 17.5 Å². The molecule has 3 rings (SSSR count). The van der Waals surface area contributed by atoms with Crippen LogP contribution in [0.5, 0.6) is 0 Å². The predicted molar refractivity (Wildman–Crippen MR) is 109 cm³/mol. The van der Waals surface area contributed by atoms with Gasteiger partial charge in [0.15, 0.2) is 0 Å². The number of carbonyl (C=O) groups is 1. The Hall–Kier alpha value is -2.92. The molecule has 6 heteroatoms. The average Bonchev–Trinajstić information content (AvgIpc) is 3.09. The number of amides is 1. The number of benzene rings is 1. The van der Waals surface area contributed by atoms with Crippen molar-refractivity contribution in [1.82, 2.24) is 19.9 Å². The van der Waals surface area contributed by atoms with E-state index in [0.29, 0.717) is 28.5 Å². The molecular formula is C21H21ClN4O. The van der Waals surface area contributed by atoms with Gasteiger partial charge >= 0.3 is 0 Å². The summed E-state index contributed by atoms with van der Waals surface area (Å²) in [7, 11) is 0. The zero-order valence-corrected chi connectivity index (χ0v) is 15.9. The van der Waals surface area contributed by atoms with Gasteiger partial charge < -0.3 is 5.32 Å². The SMILES string of the molecule is C=CC(=C)C(C)CCNC(=O)c1cn(-c2ncccn2)c2cccc(Cl)c12. The van der Waals surface area contributed by atoms with E-state index in [1.54, 1.807) is 41.4 Å². The van der Waals surface area contributed by atoms with Crippen LogP contribution in [0.4, 0.5) is 0 Å². The first-order chi connectivity index (χ1) is 13.0. The summed E-state index contributed by atoms with van der Waals surface area (Å²) in [4.78, 5) is 21.4. The minimum atomic E-state index is -0.181. The zero-order chi connectivity index (χ0) is 19.4. The summed E-state index contributed by atoms with van der Waals surface area (Å²) in [5.41, 5.74) is 2.25. The third-order valence-corrected chi connectivity index (χ3v) is 4.86. The first kappa shape index (κ1) is 18.9. The molecule has 27 heavy (non-hydrogen) atoms. The highest BCUT2D eigenvalue weighted by atomic mass is 35.5. The van der Waals surface area contributed by atoms with E-state index < -0.39 is 0 Å². The van der Waals surface area contributed by atoms with Crippen molar-refractivity contribution < 1.29 is 4.79 Å². The van der Waals surface area contributed by atoms with E-state index in [1.807, 2.05) is 12.1 Å². The van der Waals surface area contributed by atoms with Gasteiger partial charge in [-0.3, -0.25) is 9.36 Å². The Morgan fingerprint density at radius 3 is 2.78 bits per heavy atom. The largest absolute Gasteiger partial charge is 0.352 e. The normalized spacial score (nSPS) is 11.9. The molecule has 2 heterocycles. The molecule has 0 aliphatic carbocycles. The van der Waals surface area contributed by atoms with Crippen LogP contribution in [-0.2, 0) is 0 Å². The number of aromatic nitrogens is 3. The summed E-state index contributed by atoms with van der Waals surface area (Å²) >= 11 is 6.40. The fourth-order valence-corrected chi connectivity index (χ4v) is 3.15. The summed E-state index contributed by atoms with van der Waals surface area (Å²) in [5.74, 6) is 0.560. The Bertz CT molecular complexity index is 994. The Morgan fingerprint density at radius 1 is 1.33 bits per heavy atom. The molecule has 0 bridgehead atoms. The van der Waals surface area contributed by atoms with Crippen LogP contribution < -0.4 is 5.32 Å². The van der Waals surface area contributed by atoms with Crippen molar-refractivity contribution in [1.29, 1.82) is 0 Å². The van der Waals surface area contributed by atoms with Crippen molar-refractivity contribution in [2.45, 2.75) is 13.3 Å². The van der Waals surface area contributed by atoms with E-state index in [9.17, 15) is 4.79 Å². The van der Waals surface area contributed by atoms with Gasteiger partial charge in [0.05, 0.1) is 16.1 Å². The number of allylic oxidation sites excluding steroid dienone is 2. The summed E-state index contributed by atoms with van der Waals surface area (Å²) in [6.45, 7) is 10.3. The fraction of sp³-hybridized carbons (Fsp3) is 0.190. The highest BCUT2D eigenvalue weighted by molar-refractivity contribution is 6.37. The first-order valence-corrected chi connectivity index (χ1v) is 9.07. The molecule has 0 aliphatic heterocycles. The Kier molecular flexibility index (Phi) is 5.72. The summed E-state index contributed by atoms with van der Waals surface area (Å²) in [6.07, 6.45) is 7.58. The van der Waals surface area contributed by atoms with Gasteiger partial charge in [0.2, 0.25) is 5.95 Å². The van der Waals surface area contributed by atoms with Gasteiger partial charge in [-0.25, -0.2) is 9.97 Å². The lowest BCUT2D eigenvalue weighted by atomic mass is 9.99. The van der Waals surface area contributed by atoms with Crippen molar-refractivity contribution in [3.63, 3.8) is 0 Å². The fourth-order valence-electron chi connectivity index (χ4n) is 2.88. The summed E-state index contributed by atoms with van der Waals surface area (Å²) in [6, 6.07) is 7.25. The van der Waals surface area contributed by atoms with Gasteiger partial charge in [0.1, 0.15) is 0 Å². The molecule has 1 unspecified atom stereocenters. The van der Waals surface area contributed by atoms with Crippen molar-refractivity contribution >= 4 is 28.4 Å². The smallest absolute Gasteiger partial charge is 0.253 e. The number of rotatable bonds is 7. The quantitative estimate of drug-likeness (QED) is 0.610. The summed E-state index contributed by atoms with van der Waals surface area (Å²) in [5, 5.41) is 4.17. The number of nitrogens with one attached hydrogen (secondary N) is 1. The molecule has 0 spiro atoms. The molecule has 3 aromatic rings. The molecule has 5 nitrogen and oxygen atoms in total. The Labute approximate surface area is 163 Å². The molecule has 0 saturated heterocycles. The van der Waals surface area contributed by atoms with Crippen LogP contribution in [-0.4, -0.2) is 27.0 Å². The Balaban J connectivity index is 1.89. The average molecular weight is 381 g/mol. The van der Waals surface area contributed by atoms with E-state index in [-0.39, 0.29) is 11.8 Å². The van der Waals surface area contributed by atoms with Crippen molar-refractivity contribution in [3.05, 3.63) is 78.2 Å². The second-order valence-electron chi connectivity index (χ2n) is 6.32. The van der Waals surface area contributed by atoms with Crippen molar-refractivity contribution in [3.8, 4) is 5.95 Å². The number of hydrogen-bond acceptors (Lipinski definition) is 3. The molecular weight excluding hydrogens is 360 g/mol. The first-order valence-electron chi connectivity index (χ1n) is 8.69. The molecule has 0 radical (unpaired) electrons. The van der Waals surface area contributed by atoms with Gasteiger partial charge in [-0.15, -0.1) is 0 Å². The molecule has 0 fully saturated rings. The molecule has 0 aliphatic rings. The highest BCUT2D eigenvalue weighted by Crippen LogP contribution is 2.30. The van der Waals surface area contributed by atoms with Gasteiger partial charge in [-0.2, -0.15) is 0 Å². The van der Waals surface area contributed by atoms with Crippen LogP contribution in [0, 0.1) is 5.92 Å². The van der Waals surface area contributed by atoms with Gasteiger partial charge in [-0.1, -0.05) is 49.4 Å². The van der Waals surface area contributed by atoms with Crippen LogP contribution in [0.3, 0.4) is 0 Å². The highest BCUT2D eigenvalue weighted by Gasteiger charge is 2.19. The van der Waals surface area contributed by atoms with E-state index in [1.165, 1.54) is 0 Å². The number of hydrogen-bond donors (Lipinski definition) is 1. The molecule has 138 valence electrons. The predicted octanol–water partition coefficient (Wildman–Crippen LogP) is 4.57. The maximum absolute atomic E-state index is 12.8. The molecule has 1 aromatic carbocycles. The lowest BCUT2D eigenvalue weighted by molar-refractivity contribution is 0.0954. The molecule has 2 aromatic heterocycles. The third kappa shape index (κ3) is 3.93. The lowest BCUT2D eigenvalue weighted by Crippen LogP contribution is -2.25. The third-order valence-electron chi connectivity index (χ3n) is 4.55. The molecule has 1 N–H and O–H groups in total. The van der Waals surface area contributed by atoms with E-state index in [2.05, 4.69) is 35.4 Å². The van der Waals surface area contributed by atoms with Crippen molar-refractivity contribution in [2.75, 3.05) is 6.54 Å². The maximum Gasteiger partial charge on any atom is 0.253 e. The monoisotopic (exact) mass is 380 g/mol. The number of nitrogens with zero attached hydrogens (tertiary/aromatic N) is 3. The van der Waals surface area contributed by atoms with Gasteiger partial charge in [-0.05, 0) is 30.5 Å². The number of fused-ring (bicyclic) bond motifs is 1. The minimum Gasteiger partial charge on any atom is -0.352 e. The maximum atomic E-state index is 12.8. The van der Waals surface area contributed by atoms with Crippen LogP contribution in [0.1, 0.15) is 23.7 Å². The zero-order valence-electron chi connectivity index (χ0n) is 15.2. The van der Waals surface area contributed by atoms with E-state index in [4.69, 9.17) is 11.6 Å². The lowest BCUT2D eigenvalue weighted by Gasteiger charge is -2.12. The van der Waals surface area contributed by atoms with Crippen LogP contribution in [0.15, 0.2) is 67.7 Å². The van der Waals surface area contributed by atoms with Crippen molar-refractivity contribution in [2.24, 2.45) is 5.92 Å². The van der Waals surface area contributed by atoms with Gasteiger partial charge in [0.25, 0.3) is 5.91 Å².